The number of Topliss-reactive ketones (excluding diaryl/α,β-unsaturated/α-hetero) is 1. The molecular formula is C20H21N3O2S. The van der Waals surface area contributed by atoms with E-state index < -0.39 is 0 Å². The summed E-state index contributed by atoms with van der Waals surface area (Å²) >= 11 is 1.44. The van der Waals surface area contributed by atoms with Crippen molar-refractivity contribution in [3.8, 4) is 10.4 Å². The van der Waals surface area contributed by atoms with Crippen LogP contribution in [-0.2, 0) is 7.05 Å². The summed E-state index contributed by atoms with van der Waals surface area (Å²) in [5.74, 6) is -0.0691. The molecule has 0 saturated carbocycles. The molecule has 0 radical (unpaired) electrons. The molecule has 5 nitrogen and oxygen atoms in total. The molecule has 1 aromatic carbocycles. The number of benzene rings is 1. The average molecular weight is 367 g/mol. The zero-order chi connectivity index (χ0) is 18.7. The van der Waals surface area contributed by atoms with Gasteiger partial charge in [-0.2, -0.15) is 5.10 Å². The van der Waals surface area contributed by atoms with Crippen LogP contribution in [0.15, 0.2) is 48.7 Å². The molecule has 6 heteroatoms. The van der Waals surface area contributed by atoms with Crippen LogP contribution >= 0.6 is 11.3 Å². The molecule has 134 valence electrons. The summed E-state index contributed by atoms with van der Waals surface area (Å²) in [5, 5.41) is 7.25. The van der Waals surface area contributed by atoms with Crippen LogP contribution in [0, 0.1) is 0 Å². The first kappa shape index (κ1) is 18.1. The van der Waals surface area contributed by atoms with E-state index in [1.54, 1.807) is 23.9 Å². The van der Waals surface area contributed by atoms with E-state index in [1.165, 1.54) is 11.3 Å². The van der Waals surface area contributed by atoms with Gasteiger partial charge in [0.25, 0.3) is 5.91 Å². The highest BCUT2D eigenvalue weighted by atomic mass is 32.1. The molecule has 0 saturated heterocycles. The first-order chi connectivity index (χ1) is 12.5. The van der Waals surface area contributed by atoms with Gasteiger partial charge in [-0.05, 0) is 49.2 Å². The minimum Gasteiger partial charge on any atom is -0.344 e. The van der Waals surface area contributed by atoms with Gasteiger partial charge in [-0.1, -0.05) is 19.1 Å². The third-order valence-electron chi connectivity index (χ3n) is 4.29. The monoisotopic (exact) mass is 367 g/mol. The summed E-state index contributed by atoms with van der Waals surface area (Å²) in [6.45, 7) is 3.59. The molecule has 0 bridgehead atoms. The maximum absolute atomic E-state index is 12.7. The topological polar surface area (TPSA) is 64.0 Å². The number of thiophene rings is 1. The number of aryl methyl sites for hydroxylation is 1. The SMILES string of the molecule is CCC(NC(=O)c1cccc(-c2ccc(C(C)=O)s2)c1)c1ccnn1C. The third kappa shape index (κ3) is 3.75. The maximum atomic E-state index is 12.7. The van der Waals surface area contributed by atoms with Crippen molar-refractivity contribution in [2.45, 2.75) is 26.3 Å². The summed E-state index contributed by atoms with van der Waals surface area (Å²) in [6, 6.07) is 13.0. The Balaban J connectivity index is 1.81. The highest BCUT2D eigenvalue weighted by Crippen LogP contribution is 2.29. The lowest BCUT2D eigenvalue weighted by Gasteiger charge is -2.17. The molecule has 0 aliphatic carbocycles. The van der Waals surface area contributed by atoms with Crippen LogP contribution in [-0.4, -0.2) is 21.5 Å². The number of ketones is 1. The summed E-state index contributed by atoms with van der Waals surface area (Å²) in [5.41, 5.74) is 2.51. The van der Waals surface area contributed by atoms with E-state index in [9.17, 15) is 9.59 Å². The second kappa shape index (κ2) is 7.66. The number of nitrogens with one attached hydrogen (secondary N) is 1. The predicted molar refractivity (Wildman–Crippen MR) is 103 cm³/mol. The molecule has 1 N–H and O–H groups in total. The van der Waals surface area contributed by atoms with Crippen LogP contribution in [0.2, 0.25) is 0 Å². The van der Waals surface area contributed by atoms with Gasteiger partial charge < -0.3 is 5.32 Å². The maximum Gasteiger partial charge on any atom is 0.251 e. The number of hydrogen-bond donors (Lipinski definition) is 1. The second-order valence-corrected chi connectivity index (χ2v) is 7.20. The van der Waals surface area contributed by atoms with Crippen molar-refractivity contribution < 1.29 is 9.59 Å². The van der Waals surface area contributed by atoms with Gasteiger partial charge in [-0.3, -0.25) is 14.3 Å². The normalized spacial score (nSPS) is 12.0. The molecule has 26 heavy (non-hydrogen) atoms. The lowest BCUT2D eigenvalue weighted by Crippen LogP contribution is -2.29. The minimum absolute atomic E-state index is 0.0529. The first-order valence-electron chi connectivity index (χ1n) is 8.49. The number of nitrogens with zero attached hydrogens (tertiary/aromatic N) is 2. The van der Waals surface area contributed by atoms with Crippen molar-refractivity contribution in [3.63, 3.8) is 0 Å². The van der Waals surface area contributed by atoms with Crippen molar-refractivity contribution in [3.05, 3.63) is 64.8 Å². The fourth-order valence-electron chi connectivity index (χ4n) is 2.85. The van der Waals surface area contributed by atoms with Gasteiger partial charge in [0, 0.05) is 23.7 Å². The van der Waals surface area contributed by atoms with Crippen LogP contribution in [0.1, 0.15) is 52.0 Å². The van der Waals surface area contributed by atoms with Crippen molar-refractivity contribution in [2.75, 3.05) is 0 Å². The predicted octanol–water partition coefficient (Wildman–Crippen LogP) is 4.23. The molecule has 1 unspecified atom stereocenters. The van der Waals surface area contributed by atoms with Crippen LogP contribution in [0.5, 0.6) is 0 Å². The van der Waals surface area contributed by atoms with E-state index >= 15 is 0 Å². The molecule has 2 aromatic heterocycles. The quantitative estimate of drug-likeness (QED) is 0.663. The first-order valence-corrected chi connectivity index (χ1v) is 9.31. The molecule has 1 atom stereocenters. The summed E-state index contributed by atoms with van der Waals surface area (Å²) in [4.78, 5) is 25.9. The van der Waals surface area contributed by atoms with E-state index in [0.29, 0.717) is 5.56 Å². The van der Waals surface area contributed by atoms with Crippen LogP contribution < -0.4 is 5.32 Å². The van der Waals surface area contributed by atoms with E-state index in [1.807, 2.05) is 50.4 Å². The number of aromatic nitrogens is 2. The molecule has 2 heterocycles. The fraction of sp³-hybridized carbons (Fsp3) is 0.250. The summed E-state index contributed by atoms with van der Waals surface area (Å²) in [7, 11) is 1.87. The van der Waals surface area contributed by atoms with Crippen LogP contribution in [0.25, 0.3) is 10.4 Å². The van der Waals surface area contributed by atoms with E-state index in [0.717, 1.165) is 27.4 Å². The Hall–Kier alpha value is -2.73. The molecule has 0 aliphatic rings. The standard InChI is InChI=1S/C20H21N3O2S/c1-4-16(17-10-11-21-23(17)3)22-20(25)15-7-5-6-14(12-15)19-9-8-18(26-19)13(2)24/h5-12,16H,4H2,1-3H3,(H,22,25). The van der Waals surface area contributed by atoms with Crippen molar-refractivity contribution in [1.29, 1.82) is 0 Å². The van der Waals surface area contributed by atoms with Crippen molar-refractivity contribution in [1.82, 2.24) is 15.1 Å². The molecule has 0 fully saturated rings. The minimum atomic E-state index is -0.122. The summed E-state index contributed by atoms with van der Waals surface area (Å²) in [6.07, 6.45) is 2.51. The zero-order valence-corrected chi connectivity index (χ0v) is 15.8. The molecular weight excluding hydrogens is 346 g/mol. The third-order valence-corrected chi connectivity index (χ3v) is 5.53. The van der Waals surface area contributed by atoms with Gasteiger partial charge in [0.15, 0.2) is 5.78 Å². The number of hydrogen-bond acceptors (Lipinski definition) is 4. The lowest BCUT2D eigenvalue weighted by molar-refractivity contribution is 0.0933. The number of amides is 1. The van der Waals surface area contributed by atoms with Gasteiger partial charge in [0.1, 0.15) is 0 Å². The average Bonchev–Trinajstić information content (AvgIpc) is 3.29. The Morgan fingerprint density at radius 2 is 2.04 bits per heavy atom. The summed E-state index contributed by atoms with van der Waals surface area (Å²) < 4.78 is 1.78. The highest BCUT2D eigenvalue weighted by Gasteiger charge is 2.17. The van der Waals surface area contributed by atoms with E-state index in [4.69, 9.17) is 0 Å². The Bertz CT molecular complexity index is 942. The largest absolute Gasteiger partial charge is 0.344 e. The number of carbonyl (C=O) groups excluding carboxylic acids is 2. The van der Waals surface area contributed by atoms with Crippen LogP contribution in [0.4, 0.5) is 0 Å². The molecule has 3 aromatic rings. The smallest absolute Gasteiger partial charge is 0.251 e. The molecule has 0 spiro atoms. The van der Waals surface area contributed by atoms with Crippen molar-refractivity contribution >= 4 is 23.0 Å². The number of carbonyl (C=O) groups is 2. The zero-order valence-electron chi connectivity index (χ0n) is 15.0. The Morgan fingerprint density at radius 1 is 1.23 bits per heavy atom. The van der Waals surface area contributed by atoms with Gasteiger partial charge in [-0.25, -0.2) is 0 Å². The number of rotatable bonds is 6. The fourth-order valence-corrected chi connectivity index (χ4v) is 3.75. The van der Waals surface area contributed by atoms with Gasteiger partial charge in [0.2, 0.25) is 0 Å². The molecule has 0 aliphatic heterocycles. The van der Waals surface area contributed by atoms with E-state index in [2.05, 4.69) is 10.4 Å². The van der Waals surface area contributed by atoms with Crippen molar-refractivity contribution in [2.24, 2.45) is 7.05 Å². The van der Waals surface area contributed by atoms with Crippen LogP contribution in [0.3, 0.4) is 0 Å². The Kier molecular flexibility index (Phi) is 5.32. The van der Waals surface area contributed by atoms with Gasteiger partial charge >= 0.3 is 0 Å². The molecule has 1 amide bonds. The van der Waals surface area contributed by atoms with E-state index in [-0.39, 0.29) is 17.7 Å². The highest BCUT2D eigenvalue weighted by molar-refractivity contribution is 7.17. The van der Waals surface area contributed by atoms with Gasteiger partial charge in [-0.15, -0.1) is 11.3 Å². The lowest BCUT2D eigenvalue weighted by atomic mass is 10.1. The second-order valence-electron chi connectivity index (χ2n) is 6.11. The van der Waals surface area contributed by atoms with Gasteiger partial charge in [0.05, 0.1) is 16.6 Å². The Morgan fingerprint density at radius 3 is 2.65 bits per heavy atom. The molecule has 3 rings (SSSR count). The Labute approximate surface area is 156 Å².